The van der Waals surface area contributed by atoms with E-state index in [4.69, 9.17) is 5.73 Å². The molecule has 100 valence electrons. The van der Waals surface area contributed by atoms with E-state index in [9.17, 15) is 9.18 Å². The Bertz CT molecular complexity index is 609. The fraction of sp³-hybridized carbons (Fsp3) is 0.214. The van der Waals surface area contributed by atoms with Crippen LogP contribution in [-0.4, -0.2) is 5.91 Å². The fourth-order valence-electron chi connectivity index (χ4n) is 1.78. The lowest BCUT2D eigenvalue weighted by Gasteiger charge is -2.15. The number of carbonyl (C=O) groups is 1. The highest BCUT2D eigenvalue weighted by Crippen LogP contribution is 2.27. The maximum absolute atomic E-state index is 13.7. The van der Waals surface area contributed by atoms with Gasteiger partial charge in [0.05, 0.1) is 11.7 Å². The summed E-state index contributed by atoms with van der Waals surface area (Å²) in [6.07, 6.45) is 0. The van der Waals surface area contributed by atoms with Crippen molar-refractivity contribution in [1.29, 1.82) is 0 Å². The number of halogens is 1. The zero-order valence-corrected chi connectivity index (χ0v) is 11.6. The molecule has 5 heteroatoms. The Balaban J connectivity index is 2.22. The summed E-state index contributed by atoms with van der Waals surface area (Å²) in [5.74, 6) is -0.965. The topological polar surface area (TPSA) is 55.1 Å². The van der Waals surface area contributed by atoms with Crippen LogP contribution in [0.25, 0.3) is 0 Å². The number of aryl methyl sites for hydroxylation is 1. The number of amides is 1. The monoisotopic (exact) mass is 278 g/mol. The van der Waals surface area contributed by atoms with Crippen LogP contribution in [0.2, 0.25) is 0 Å². The van der Waals surface area contributed by atoms with Gasteiger partial charge in [0, 0.05) is 15.3 Å². The van der Waals surface area contributed by atoms with Gasteiger partial charge in [0.2, 0.25) is 5.91 Å². The molecule has 1 unspecified atom stereocenters. The number of nitrogens with one attached hydrogen (secondary N) is 1. The van der Waals surface area contributed by atoms with Crippen molar-refractivity contribution >= 4 is 22.9 Å². The summed E-state index contributed by atoms with van der Waals surface area (Å²) in [4.78, 5) is 13.4. The first kappa shape index (κ1) is 13.5. The number of hydrogen-bond donors (Lipinski definition) is 2. The van der Waals surface area contributed by atoms with E-state index in [0.29, 0.717) is 5.56 Å². The Labute approximate surface area is 115 Å². The van der Waals surface area contributed by atoms with Crippen molar-refractivity contribution in [2.45, 2.75) is 19.9 Å². The molecule has 3 nitrogen and oxygen atoms in total. The summed E-state index contributed by atoms with van der Waals surface area (Å²) in [7, 11) is 0. The first-order chi connectivity index (χ1) is 8.97. The molecular formula is C14H15FN2OS. The van der Waals surface area contributed by atoms with E-state index in [-0.39, 0.29) is 11.7 Å². The van der Waals surface area contributed by atoms with Crippen molar-refractivity contribution in [3.63, 3.8) is 0 Å². The van der Waals surface area contributed by atoms with E-state index < -0.39 is 11.7 Å². The maximum Gasteiger partial charge on any atom is 0.248 e. The molecule has 0 spiro atoms. The van der Waals surface area contributed by atoms with E-state index >= 15 is 0 Å². The minimum Gasteiger partial charge on any atom is -0.375 e. The van der Waals surface area contributed by atoms with Crippen molar-refractivity contribution in [3.8, 4) is 0 Å². The van der Waals surface area contributed by atoms with E-state index in [1.165, 1.54) is 23.1 Å². The molecule has 1 amide bonds. The molecule has 0 aliphatic heterocycles. The van der Waals surface area contributed by atoms with E-state index in [0.717, 1.165) is 4.88 Å². The number of anilines is 1. The van der Waals surface area contributed by atoms with Gasteiger partial charge < -0.3 is 11.1 Å². The first-order valence-electron chi connectivity index (χ1n) is 5.89. The molecule has 3 N–H and O–H groups in total. The zero-order chi connectivity index (χ0) is 14.0. The molecule has 2 aromatic rings. The second-order valence-electron chi connectivity index (χ2n) is 4.37. The van der Waals surface area contributed by atoms with E-state index in [2.05, 4.69) is 5.32 Å². The van der Waals surface area contributed by atoms with Gasteiger partial charge in [0.25, 0.3) is 0 Å². The van der Waals surface area contributed by atoms with Crippen molar-refractivity contribution < 1.29 is 9.18 Å². The highest BCUT2D eigenvalue weighted by molar-refractivity contribution is 7.12. The van der Waals surface area contributed by atoms with Gasteiger partial charge in [-0.3, -0.25) is 4.79 Å². The molecule has 2 rings (SSSR count). The van der Waals surface area contributed by atoms with Gasteiger partial charge in [-0.15, -0.1) is 11.3 Å². The molecule has 0 saturated heterocycles. The fourth-order valence-corrected chi connectivity index (χ4v) is 2.66. The third-order valence-corrected chi connectivity index (χ3v) is 3.99. The number of thiophene rings is 1. The Kier molecular flexibility index (Phi) is 3.85. The number of primary amides is 1. The molecule has 1 atom stereocenters. The van der Waals surface area contributed by atoms with Gasteiger partial charge in [-0.25, -0.2) is 4.39 Å². The molecule has 0 aliphatic carbocycles. The average molecular weight is 278 g/mol. The number of nitrogens with two attached hydrogens (primary N) is 1. The highest BCUT2D eigenvalue weighted by atomic mass is 32.1. The number of rotatable bonds is 4. The lowest BCUT2D eigenvalue weighted by atomic mass is 10.1. The van der Waals surface area contributed by atoms with Gasteiger partial charge in [-0.05, 0) is 44.2 Å². The largest absolute Gasteiger partial charge is 0.375 e. The minimum atomic E-state index is -0.567. The Morgan fingerprint density at radius 3 is 2.68 bits per heavy atom. The SMILES string of the molecule is Cc1ccc(C(C)Nc2cc(C(N)=O)ccc2F)s1. The summed E-state index contributed by atoms with van der Waals surface area (Å²) in [5.41, 5.74) is 5.77. The van der Waals surface area contributed by atoms with Crippen molar-refractivity contribution in [2.24, 2.45) is 5.73 Å². The third-order valence-electron chi connectivity index (χ3n) is 2.81. The summed E-state index contributed by atoms with van der Waals surface area (Å²) in [6, 6.07) is 8.06. The van der Waals surface area contributed by atoms with Crippen LogP contribution in [0.1, 0.15) is 33.1 Å². The van der Waals surface area contributed by atoms with Gasteiger partial charge in [-0.1, -0.05) is 0 Å². The van der Waals surface area contributed by atoms with Gasteiger partial charge >= 0.3 is 0 Å². The van der Waals surface area contributed by atoms with Crippen LogP contribution in [0.5, 0.6) is 0 Å². The Morgan fingerprint density at radius 2 is 2.11 bits per heavy atom. The number of carbonyl (C=O) groups excluding carboxylic acids is 1. The third kappa shape index (κ3) is 3.12. The van der Waals surface area contributed by atoms with Gasteiger partial charge in [0.1, 0.15) is 5.82 Å². The maximum atomic E-state index is 13.7. The zero-order valence-electron chi connectivity index (χ0n) is 10.7. The molecule has 0 aliphatic rings. The van der Waals surface area contributed by atoms with Crippen LogP contribution >= 0.6 is 11.3 Å². The quantitative estimate of drug-likeness (QED) is 0.899. The molecule has 0 fully saturated rings. The van der Waals surface area contributed by atoms with Crippen LogP contribution in [0.3, 0.4) is 0 Å². The lowest BCUT2D eigenvalue weighted by molar-refractivity contribution is 0.100. The van der Waals surface area contributed by atoms with Crippen LogP contribution in [-0.2, 0) is 0 Å². The first-order valence-corrected chi connectivity index (χ1v) is 6.71. The van der Waals surface area contributed by atoms with E-state index in [1.807, 2.05) is 26.0 Å². The summed E-state index contributed by atoms with van der Waals surface area (Å²) < 4.78 is 13.7. The molecule has 0 bridgehead atoms. The average Bonchev–Trinajstić information content (AvgIpc) is 2.78. The van der Waals surface area contributed by atoms with Crippen molar-refractivity contribution in [3.05, 3.63) is 51.5 Å². The minimum absolute atomic E-state index is 0.0312. The normalized spacial score (nSPS) is 12.2. The van der Waals surface area contributed by atoms with Crippen molar-refractivity contribution in [2.75, 3.05) is 5.32 Å². The van der Waals surface area contributed by atoms with Gasteiger partial charge in [-0.2, -0.15) is 0 Å². The summed E-state index contributed by atoms with van der Waals surface area (Å²) in [6.45, 7) is 3.97. The summed E-state index contributed by atoms with van der Waals surface area (Å²) in [5, 5.41) is 3.06. The molecule has 1 aromatic heterocycles. The van der Waals surface area contributed by atoms with Crippen LogP contribution < -0.4 is 11.1 Å². The molecule has 1 heterocycles. The predicted octanol–water partition coefficient (Wildman–Crippen LogP) is 3.47. The molecule has 1 aromatic carbocycles. The van der Waals surface area contributed by atoms with Crippen LogP contribution in [0.15, 0.2) is 30.3 Å². The van der Waals surface area contributed by atoms with Crippen molar-refractivity contribution in [1.82, 2.24) is 0 Å². The van der Waals surface area contributed by atoms with E-state index in [1.54, 1.807) is 11.3 Å². The van der Waals surface area contributed by atoms with Crippen LogP contribution in [0.4, 0.5) is 10.1 Å². The second kappa shape index (κ2) is 5.40. The van der Waals surface area contributed by atoms with Gasteiger partial charge in [0.15, 0.2) is 0 Å². The Hall–Kier alpha value is -1.88. The Morgan fingerprint density at radius 1 is 1.37 bits per heavy atom. The molecule has 19 heavy (non-hydrogen) atoms. The van der Waals surface area contributed by atoms with Crippen LogP contribution in [0, 0.1) is 12.7 Å². The highest BCUT2D eigenvalue weighted by Gasteiger charge is 2.12. The molecule has 0 radical (unpaired) electrons. The molecule has 0 saturated carbocycles. The second-order valence-corrected chi connectivity index (χ2v) is 5.69. The molecular weight excluding hydrogens is 263 g/mol. The summed E-state index contributed by atoms with van der Waals surface area (Å²) >= 11 is 1.65. The standard InChI is InChI=1S/C14H15FN2OS/c1-8-3-6-13(19-8)9(2)17-12-7-10(14(16)18)4-5-11(12)15/h3-7,9,17H,1-2H3,(H2,16,18). The number of benzene rings is 1. The smallest absolute Gasteiger partial charge is 0.248 e. The number of hydrogen-bond acceptors (Lipinski definition) is 3. The predicted molar refractivity (Wildman–Crippen MR) is 76.0 cm³/mol. The lowest BCUT2D eigenvalue weighted by Crippen LogP contribution is -2.13.